The first-order valence-electron chi connectivity index (χ1n) is 8.38. The highest BCUT2D eigenvalue weighted by Crippen LogP contribution is 2.14. The van der Waals surface area contributed by atoms with E-state index in [1.165, 1.54) is 11.1 Å². The van der Waals surface area contributed by atoms with Crippen molar-refractivity contribution >= 4 is 10.9 Å². The highest BCUT2D eigenvalue weighted by molar-refractivity contribution is 5.79. The Bertz CT molecular complexity index is 789. The van der Waals surface area contributed by atoms with Gasteiger partial charge in [-0.25, -0.2) is 0 Å². The molecule has 0 saturated carbocycles. The lowest BCUT2D eigenvalue weighted by atomic mass is 10.0. The van der Waals surface area contributed by atoms with Crippen LogP contribution in [-0.2, 0) is 6.42 Å². The van der Waals surface area contributed by atoms with Crippen molar-refractivity contribution in [2.24, 2.45) is 0 Å². The summed E-state index contributed by atoms with van der Waals surface area (Å²) in [5, 5.41) is 0.780. The molecule has 0 fully saturated rings. The first kappa shape index (κ1) is 17.3. The van der Waals surface area contributed by atoms with Gasteiger partial charge in [-0.2, -0.15) is 0 Å². The lowest BCUT2D eigenvalue weighted by molar-refractivity contribution is 0.900. The molecule has 1 N–H and O–H groups in total. The summed E-state index contributed by atoms with van der Waals surface area (Å²) in [6.07, 6.45) is 8.64. The van der Waals surface area contributed by atoms with Gasteiger partial charge in [-0.05, 0) is 65.5 Å². The van der Waals surface area contributed by atoms with Crippen molar-refractivity contribution in [2.45, 2.75) is 53.4 Å². The minimum atomic E-state index is 0.151. The number of aryl methyl sites for hydroxylation is 1. The molecular formula is C21H27NO. The fourth-order valence-electron chi connectivity index (χ4n) is 2.79. The molecule has 122 valence electrons. The molecule has 0 amide bonds. The zero-order chi connectivity index (χ0) is 16.8. The molecule has 2 aromatic rings. The summed E-state index contributed by atoms with van der Waals surface area (Å²) in [4.78, 5) is 15.8. The van der Waals surface area contributed by atoms with Gasteiger partial charge in [0.1, 0.15) is 0 Å². The van der Waals surface area contributed by atoms with Gasteiger partial charge in [0.2, 0.25) is 0 Å². The molecular weight excluding hydrogens is 282 g/mol. The van der Waals surface area contributed by atoms with Gasteiger partial charge < -0.3 is 4.98 Å². The molecule has 0 radical (unpaired) electrons. The number of allylic oxidation sites excluding steroid dienone is 4. The molecule has 2 rings (SSSR count). The zero-order valence-electron chi connectivity index (χ0n) is 14.7. The van der Waals surface area contributed by atoms with Crippen LogP contribution in [0.4, 0.5) is 0 Å². The van der Waals surface area contributed by atoms with Crippen molar-refractivity contribution in [3.8, 4) is 0 Å². The third-order valence-corrected chi connectivity index (χ3v) is 4.23. The van der Waals surface area contributed by atoms with Crippen LogP contribution in [0.3, 0.4) is 0 Å². The van der Waals surface area contributed by atoms with Crippen LogP contribution in [-0.4, -0.2) is 4.98 Å². The molecule has 2 heteroatoms. The largest absolute Gasteiger partial charge is 0.358 e. The van der Waals surface area contributed by atoms with E-state index in [-0.39, 0.29) is 5.43 Å². The average molecular weight is 309 g/mol. The van der Waals surface area contributed by atoms with Gasteiger partial charge in [-0.15, -0.1) is 0 Å². The Morgan fingerprint density at radius 1 is 1.09 bits per heavy atom. The number of nitrogens with one attached hydrogen (secondary N) is 1. The highest BCUT2D eigenvalue weighted by atomic mass is 16.1. The van der Waals surface area contributed by atoms with E-state index in [4.69, 9.17) is 0 Å². The molecule has 0 unspecified atom stereocenters. The normalized spacial score (nSPS) is 11.7. The van der Waals surface area contributed by atoms with Crippen molar-refractivity contribution in [3.63, 3.8) is 0 Å². The van der Waals surface area contributed by atoms with Crippen LogP contribution in [0.1, 0.15) is 51.3 Å². The Morgan fingerprint density at radius 3 is 2.57 bits per heavy atom. The maximum absolute atomic E-state index is 12.4. The molecule has 0 aliphatic carbocycles. The molecule has 0 bridgehead atoms. The summed E-state index contributed by atoms with van der Waals surface area (Å²) >= 11 is 0. The first-order valence-corrected chi connectivity index (χ1v) is 8.38. The van der Waals surface area contributed by atoms with Gasteiger partial charge in [0.25, 0.3) is 0 Å². The van der Waals surface area contributed by atoms with Gasteiger partial charge in [-0.3, -0.25) is 4.79 Å². The van der Waals surface area contributed by atoms with E-state index in [2.05, 4.69) is 37.9 Å². The summed E-state index contributed by atoms with van der Waals surface area (Å²) < 4.78 is 0. The minimum Gasteiger partial charge on any atom is -0.358 e. The lowest BCUT2D eigenvalue weighted by Gasteiger charge is -2.07. The predicted molar refractivity (Wildman–Crippen MR) is 100 cm³/mol. The summed E-state index contributed by atoms with van der Waals surface area (Å²) in [6, 6.07) is 7.73. The molecule has 0 saturated heterocycles. The molecule has 23 heavy (non-hydrogen) atoms. The Labute approximate surface area is 138 Å². The first-order chi connectivity index (χ1) is 11.0. The Balaban J connectivity index is 2.06. The van der Waals surface area contributed by atoms with Crippen molar-refractivity contribution in [1.82, 2.24) is 4.98 Å². The number of benzene rings is 1. The van der Waals surface area contributed by atoms with Crippen LogP contribution in [0.5, 0.6) is 0 Å². The summed E-state index contributed by atoms with van der Waals surface area (Å²) in [6.45, 7) is 8.39. The molecule has 2 nitrogen and oxygen atoms in total. The van der Waals surface area contributed by atoms with E-state index in [0.717, 1.165) is 47.8 Å². The number of hydrogen-bond donors (Lipinski definition) is 1. The smallest absolute Gasteiger partial charge is 0.192 e. The summed E-state index contributed by atoms with van der Waals surface area (Å²) in [7, 11) is 0. The lowest BCUT2D eigenvalue weighted by Crippen LogP contribution is -2.11. The van der Waals surface area contributed by atoms with Crippen molar-refractivity contribution in [3.05, 3.63) is 69.0 Å². The van der Waals surface area contributed by atoms with Crippen LogP contribution in [0.15, 0.2) is 52.4 Å². The average Bonchev–Trinajstić information content (AvgIpc) is 2.52. The fourth-order valence-corrected chi connectivity index (χ4v) is 2.79. The standard InChI is InChI=1S/C21H27NO/c1-15(2)9-7-10-16(3)11-8-14-19-17(4)21(23)18-12-5-6-13-20(18)22-19/h5-6,9,11-13H,7-8,10,14H2,1-4H3,(H,22,23)/b16-11+. The third-order valence-electron chi connectivity index (χ3n) is 4.23. The van der Waals surface area contributed by atoms with Gasteiger partial charge in [0.15, 0.2) is 5.43 Å². The van der Waals surface area contributed by atoms with Crippen molar-refractivity contribution < 1.29 is 0 Å². The maximum Gasteiger partial charge on any atom is 0.192 e. The number of aromatic nitrogens is 1. The molecule has 1 aromatic carbocycles. The fraction of sp³-hybridized carbons (Fsp3) is 0.381. The SMILES string of the molecule is CC(C)=CCC/C(C)=C/CCc1[nH]c2ccccc2c(=O)c1C. The van der Waals surface area contributed by atoms with E-state index in [1.807, 2.05) is 31.2 Å². The van der Waals surface area contributed by atoms with Gasteiger partial charge in [-0.1, -0.05) is 35.4 Å². The van der Waals surface area contributed by atoms with Crippen LogP contribution in [0, 0.1) is 6.92 Å². The minimum absolute atomic E-state index is 0.151. The van der Waals surface area contributed by atoms with E-state index in [1.54, 1.807) is 0 Å². The number of hydrogen-bond acceptors (Lipinski definition) is 1. The monoisotopic (exact) mass is 309 g/mol. The number of rotatable bonds is 6. The Hall–Kier alpha value is -2.09. The molecule has 0 aliphatic rings. The molecule has 1 heterocycles. The van der Waals surface area contributed by atoms with Gasteiger partial charge in [0, 0.05) is 22.2 Å². The molecule has 0 spiro atoms. The van der Waals surface area contributed by atoms with Crippen molar-refractivity contribution in [2.75, 3.05) is 0 Å². The van der Waals surface area contributed by atoms with Crippen molar-refractivity contribution in [1.29, 1.82) is 0 Å². The molecule has 0 atom stereocenters. The van der Waals surface area contributed by atoms with Gasteiger partial charge >= 0.3 is 0 Å². The Morgan fingerprint density at radius 2 is 1.83 bits per heavy atom. The summed E-state index contributed by atoms with van der Waals surface area (Å²) in [5.74, 6) is 0. The van der Waals surface area contributed by atoms with Crippen LogP contribution >= 0.6 is 0 Å². The molecule has 0 aliphatic heterocycles. The number of aromatic amines is 1. The summed E-state index contributed by atoms with van der Waals surface area (Å²) in [5.41, 5.74) is 5.78. The quantitative estimate of drug-likeness (QED) is 0.706. The number of para-hydroxylation sites is 1. The van der Waals surface area contributed by atoms with E-state index in [0.29, 0.717) is 0 Å². The zero-order valence-corrected chi connectivity index (χ0v) is 14.7. The van der Waals surface area contributed by atoms with Gasteiger partial charge in [0.05, 0.1) is 0 Å². The van der Waals surface area contributed by atoms with E-state index in [9.17, 15) is 4.79 Å². The van der Waals surface area contributed by atoms with E-state index >= 15 is 0 Å². The second-order valence-electron chi connectivity index (χ2n) is 6.51. The third kappa shape index (κ3) is 4.69. The van der Waals surface area contributed by atoms with Crippen LogP contribution in [0.25, 0.3) is 10.9 Å². The molecule has 1 aromatic heterocycles. The topological polar surface area (TPSA) is 32.9 Å². The number of H-pyrrole nitrogens is 1. The van der Waals surface area contributed by atoms with Crippen LogP contribution in [0.2, 0.25) is 0 Å². The maximum atomic E-state index is 12.4. The second kappa shape index (κ2) is 7.96. The predicted octanol–water partition coefficient (Wildman–Crippen LogP) is 5.46. The number of fused-ring (bicyclic) bond motifs is 1. The van der Waals surface area contributed by atoms with Crippen LogP contribution < -0.4 is 5.43 Å². The highest BCUT2D eigenvalue weighted by Gasteiger charge is 2.07. The Kier molecular flexibility index (Phi) is 5.97. The van der Waals surface area contributed by atoms with E-state index < -0.39 is 0 Å². The number of pyridine rings is 1. The second-order valence-corrected chi connectivity index (χ2v) is 6.51.